The summed E-state index contributed by atoms with van der Waals surface area (Å²) in [7, 11) is 0. The summed E-state index contributed by atoms with van der Waals surface area (Å²) in [5.74, 6) is 0.991. The van der Waals surface area contributed by atoms with E-state index in [1.165, 1.54) is 0 Å². The van der Waals surface area contributed by atoms with Crippen LogP contribution in [-0.4, -0.2) is 53.3 Å². The van der Waals surface area contributed by atoms with Crippen LogP contribution in [0.4, 0.5) is 0 Å². The van der Waals surface area contributed by atoms with Crippen molar-refractivity contribution in [2.24, 2.45) is 10.8 Å². The molecule has 2 rings (SSSR count). The van der Waals surface area contributed by atoms with E-state index in [2.05, 4.69) is 32.0 Å². The minimum Gasteiger partial charge on any atom is -0.493 e. The quantitative estimate of drug-likeness (QED) is 0.199. The summed E-state index contributed by atoms with van der Waals surface area (Å²) in [5, 5.41) is 30.1. The smallest absolute Gasteiger partial charge is 0.303 e. The summed E-state index contributed by atoms with van der Waals surface area (Å²) >= 11 is 0. The highest BCUT2D eigenvalue weighted by atomic mass is 16.5. The van der Waals surface area contributed by atoms with E-state index in [1.54, 1.807) is 0 Å². The first-order valence-corrected chi connectivity index (χ1v) is 14.8. The maximum Gasteiger partial charge on any atom is 0.303 e. The number of hydrogen-bond acceptors (Lipinski definition) is 6. The highest BCUT2D eigenvalue weighted by molar-refractivity contribution is 5.66. The zero-order chi connectivity index (χ0) is 31.0. The molecule has 0 heterocycles. The molecule has 2 atom stereocenters. The Hall–Kier alpha value is -2.77. The summed E-state index contributed by atoms with van der Waals surface area (Å²) in [6, 6.07) is 12.2. The molecule has 2 aromatic rings. The first kappa shape index (κ1) is 34.4. The van der Waals surface area contributed by atoms with Crippen LogP contribution in [0.1, 0.15) is 97.8 Å². The second-order valence-corrected chi connectivity index (χ2v) is 13.2. The molecule has 0 aliphatic carbocycles. The predicted molar refractivity (Wildman–Crippen MR) is 163 cm³/mol. The third-order valence-electron chi connectivity index (χ3n) is 8.02. The molecule has 2 unspecified atom stereocenters. The van der Waals surface area contributed by atoms with Crippen LogP contribution in [0.15, 0.2) is 36.4 Å². The van der Waals surface area contributed by atoms with Crippen molar-refractivity contribution in [3.63, 3.8) is 0 Å². The molecule has 0 saturated carbocycles. The monoisotopic (exact) mass is 572 g/mol. The van der Waals surface area contributed by atoms with Gasteiger partial charge in [0.2, 0.25) is 0 Å². The van der Waals surface area contributed by atoms with Gasteiger partial charge < -0.3 is 29.5 Å². The van der Waals surface area contributed by atoms with Crippen LogP contribution in [0.5, 0.6) is 17.2 Å². The Kier molecular flexibility index (Phi) is 12.1. The normalized spacial score (nSPS) is 13.9. The number of carbonyl (C=O) groups is 1. The number of hydrogen-bond donors (Lipinski definition) is 3. The predicted octanol–water partition coefficient (Wildman–Crippen LogP) is 6.92. The Morgan fingerprint density at radius 3 is 1.71 bits per heavy atom. The second-order valence-electron chi connectivity index (χ2n) is 13.2. The van der Waals surface area contributed by atoms with Gasteiger partial charge in [-0.1, -0.05) is 73.6 Å². The van der Waals surface area contributed by atoms with Gasteiger partial charge in [0.25, 0.3) is 0 Å². The molecule has 0 aliphatic heterocycles. The molecule has 0 fully saturated rings. The van der Waals surface area contributed by atoms with Crippen LogP contribution in [-0.2, 0) is 10.2 Å². The number of carboxylic acid groups (broad SMARTS) is 1. The Balaban J connectivity index is 2.44. The van der Waals surface area contributed by atoms with E-state index in [-0.39, 0.29) is 35.9 Å². The lowest BCUT2D eigenvalue weighted by atomic mass is 9.70. The van der Waals surface area contributed by atoms with Crippen molar-refractivity contribution in [3.8, 4) is 17.2 Å². The fourth-order valence-electron chi connectivity index (χ4n) is 4.62. The maximum atomic E-state index is 10.8. The molecular weight excluding hydrogens is 520 g/mol. The molecule has 3 N–H and O–H groups in total. The van der Waals surface area contributed by atoms with Crippen molar-refractivity contribution in [2.45, 2.75) is 106 Å². The number of aliphatic hydroxyl groups excluding tert-OH is 2. The van der Waals surface area contributed by atoms with Crippen molar-refractivity contribution in [1.29, 1.82) is 0 Å². The fraction of sp³-hybridized carbons (Fsp3) is 0.618. The number of ether oxygens (including phenoxy) is 3. The lowest BCUT2D eigenvalue weighted by molar-refractivity contribution is -0.137. The lowest BCUT2D eigenvalue weighted by Crippen LogP contribution is -2.33. The van der Waals surface area contributed by atoms with Crippen molar-refractivity contribution < 1.29 is 34.3 Å². The van der Waals surface area contributed by atoms with Gasteiger partial charge in [-0.3, -0.25) is 4.79 Å². The fourth-order valence-corrected chi connectivity index (χ4v) is 4.62. The summed E-state index contributed by atoms with van der Waals surface area (Å²) in [4.78, 5) is 10.8. The van der Waals surface area contributed by atoms with Crippen molar-refractivity contribution in [2.75, 3.05) is 19.8 Å². The third-order valence-corrected chi connectivity index (χ3v) is 8.02. The molecule has 0 aromatic heterocycles. The molecule has 0 aliphatic rings. The number of aliphatic carboxylic acids is 1. The number of carboxylic acids is 1. The molecule has 0 amide bonds. The van der Waals surface area contributed by atoms with Crippen LogP contribution in [0, 0.1) is 17.8 Å². The number of rotatable bonds is 15. The van der Waals surface area contributed by atoms with Gasteiger partial charge >= 0.3 is 5.97 Å². The van der Waals surface area contributed by atoms with Gasteiger partial charge in [0.05, 0.1) is 18.8 Å². The van der Waals surface area contributed by atoms with Crippen molar-refractivity contribution in [3.05, 3.63) is 53.1 Å². The zero-order valence-corrected chi connectivity index (χ0v) is 26.5. The van der Waals surface area contributed by atoms with Gasteiger partial charge in [0.15, 0.2) is 11.5 Å². The van der Waals surface area contributed by atoms with E-state index in [9.17, 15) is 15.0 Å². The molecule has 0 bridgehead atoms. The van der Waals surface area contributed by atoms with Gasteiger partial charge in [0.1, 0.15) is 19.0 Å². The standard InChI is InChI=1S/C34H52O7/c1-10-34(11-2,24-14-16-26(23(3)19-24)39-18-12-13-31(37)38)25-15-17-27(40-21-29(35)32(4,5)6)28(20-25)41-22-30(36)33(7,8)9/h14-17,19-20,29-30,35-36H,10-13,18,21-22H2,1-9H3,(H,37,38). The SMILES string of the molecule is CCC(CC)(c1ccc(OCCCC(=O)O)c(C)c1)c1ccc(OCC(O)C(C)(C)C)c(OCC(O)C(C)(C)C)c1. The van der Waals surface area contributed by atoms with E-state index in [4.69, 9.17) is 19.3 Å². The van der Waals surface area contributed by atoms with E-state index >= 15 is 0 Å². The molecular formula is C34H52O7. The molecule has 230 valence electrons. The Labute approximate surface area is 246 Å². The molecule has 7 heteroatoms. The van der Waals surface area contributed by atoms with Crippen LogP contribution in [0.3, 0.4) is 0 Å². The van der Waals surface area contributed by atoms with E-state index in [0.717, 1.165) is 35.3 Å². The van der Waals surface area contributed by atoms with Gasteiger partial charge in [-0.2, -0.15) is 0 Å². The molecule has 2 aromatic carbocycles. The molecule has 7 nitrogen and oxygen atoms in total. The average Bonchev–Trinajstić information content (AvgIpc) is 2.89. The van der Waals surface area contributed by atoms with Crippen molar-refractivity contribution in [1.82, 2.24) is 0 Å². The van der Waals surface area contributed by atoms with E-state index < -0.39 is 18.2 Å². The summed E-state index contributed by atoms with van der Waals surface area (Å²) in [5.41, 5.74) is 2.23. The Morgan fingerprint density at radius 1 is 0.756 bits per heavy atom. The summed E-state index contributed by atoms with van der Waals surface area (Å²) in [6.07, 6.45) is 0.889. The molecule has 0 spiro atoms. The van der Waals surface area contributed by atoms with Gasteiger partial charge in [-0.15, -0.1) is 0 Å². The van der Waals surface area contributed by atoms with Gasteiger partial charge in [0, 0.05) is 11.8 Å². The minimum absolute atomic E-state index is 0.0813. The number of benzene rings is 2. The van der Waals surface area contributed by atoms with E-state index in [0.29, 0.717) is 24.5 Å². The first-order valence-electron chi connectivity index (χ1n) is 14.8. The van der Waals surface area contributed by atoms with Crippen molar-refractivity contribution >= 4 is 5.97 Å². The van der Waals surface area contributed by atoms with E-state index in [1.807, 2.05) is 66.7 Å². The molecule has 41 heavy (non-hydrogen) atoms. The lowest BCUT2D eigenvalue weighted by Gasteiger charge is -2.34. The summed E-state index contributed by atoms with van der Waals surface area (Å²) in [6.45, 7) is 18.7. The highest BCUT2D eigenvalue weighted by Crippen LogP contribution is 2.43. The second kappa shape index (κ2) is 14.4. The third kappa shape index (κ3) is 9.37. The molecule has 0 saturated heterocycles. The number of aryl methyl sites for hydroxylation is 1. The van der Waals surface area contributed by atoms with Gasteiger partial charge in [-0.05, 0) is 71.9 Å². The largest absolute Gasteiger partial charge is 0.493 e. The van der Waals surface area contributed by atoms with Gasteiger partial charge in [-0.25, -0.2) is 0 Å². The van der Waals surface area contributed by atoms with Crippen LogP contribution in [0.2, 0.25) is 0 Å². The molecule has 0 radical (unpaired) electrons. The van der Waals surface area contributed by atoms with Crippen LogP contribution >= 0.6 is 0 Å². The number of aliphatic hydroxyl groups is 2. The Bertz CT molecular complexity index is 1120. The Morgan fingerprint density at radius 2 is 1.24 bits per heavy atom. The zero-order valence-electron chi connectivity index (χ0n) is 26.5. The first-order chi connectivity index (χ1) is 19.0. The average molecular weight is 573 g/mol. The van der Waals surface area contributed by atoms with Crippen LogP contribution < -0.4 is 14.2 Å². The summed E-state index contributed by atoms with van der Waals surface area (Å²) < 4.78 is 18.1. The van der Waals surface area contributed by atoms with Crippen LogP contribution in [0.25, 0.3) is 0 Å². The highest BCUT2D eigenvalue weighted by Gasteiger charge is 2.33. The topological polar surface area (TPSA) is 105 Å². The minimum atomic E-state index is -0.825. The maximum absolute atomic E-state index is 10.8.